The van der Waals surface area contributed by atoms with E-state index in [0.29, 0.717) is 16.3 Å². The monoisotopic (exact) mass is 321 g/mol. The number of aromatic hydroxyl groups is 2. The molecule has 0 aliphatic heterocycles. The Morgan fingerprint density at radius 1 is 1.14 bits per heavy atom. The Labute approximate surface area is 130 Å². The van der Waals surface area contributed by atoms with Crippen LogP contribution in [0, 0.1) is 0 Å². The van der Waals surface area contributed by atoms with E-state index in [1.54, 1.807) is 12.1 Å². The average Bonchev–Trinajstić information content (AvgIpc) is 2.51. The van der Waals surface area contributed by atoms with Gasteiger partial charge in [0.1, 0.15) is 0 Å². The van der Waals surface area contributed by atoms with Crippen molar-refractivity contribution in [1.29, 1.82) is 0 Å². The highest BCUT2D eigenvalue weighted by molar-refractivity contribution is 6.33. The van der Waals surface area contributed by atoms with Gasteiger partial charge in [0, 0.05) is 5.56 Å². The number of carbonyl (C=O) groups is 1. The lowest BCUT2D eigenvalue weighted by atomic mass is 10.2. The quantitative estimate of drug-likeness (QED) is 0.337. The lowest BCUT2D eigenvalue weighted by Gasteiger charge is -2.03. The van der Waals surface area contributed by atoms with Crippen LogP contribution in [0.5, 0.6) is 11.5 Å². The summed E-state index contributed by atoms with van der Waals surface area (Å²) in [5.74, 6) is -1.26. The number of nitrogens with one attached hydrogen (secondary N) is 2. The Morgan fingerprint density at radius 3 is 2.59 bits per heavy atom. The minimum atomic E-state index is -0.555. The fraction of sp³-hybridized carbons (Fsp3) is 0. The van der Waals surface area contributed by atoms with E-state index in [2.05, 4.69) is 10.5 Å². The van der Waals surface area contributed by atoms with Crippen LogP contribution < -0.4 is 10.9 Å². The molecule has 7 nitrogen and oxygen atoms in total. The Balaban J connectivity index is 2.05. The molecule has 22 heavy (non-hydrogen) atoms. The normalized spacial score (nSPS) is 10.6. The van der Waals surface area contributed by atoms with Crippen molar-refractivity contribution in [2.45, 2.75) is 0 Å². The SMILES string of the molecule is O=C(N/N=C/c1ccc(Cl)c(NO)c1)c1ccc(O)c(O)c1. The van der Waals surface area contributed by atoms with Crippen LogP contribution >= 0.6 is 11.6 Å². The van der Waals surface area contributed by atoms with Gasteiger partial charge < -0.3 is 10.2 Å². The second-order valence-electron chi connectivity index (χ2n) is 4.25. The molecule has 0 aromatic heterocycles. The van der Waals surface area contributed by atoms with Crippen molar-refractivity contribution in [1.82, 2.24) is 5.43 Å². The van der Waals surface area contributed by atoms with E-state index in [0.717, 1.165) is 6.07 Å². The molecule has 0 radical (unpaired) electrons. The predicted molar refractivity (Wildman–Crippen MR) is 81.7 cm³/mol. The number of benzene rings is 2. The summed E-state index contributed by atoms with van der Waals surface area (Å²) >= 11 is 5.81. The second kappa shape index (κ2) is 6.79. The van der Waals surface area contributed by atoms with Crippen LogP contribution in [-0.4, -0.2) is 27.5 Å². The molecule has 2 aromatic rings. The van der Waals surface area contributed by atoms with Gasteiger partial charge in [-0.05, 0) is 35.9 Å². The van der Waals surface area contributed by atoms with Gasteiger partial charge >= 0.3 is 0 Å². The maximum atomic E-state index is 11.8. The minimum absolute atomic E-state index is 0.140. The summed E-state index contributed by atoms with van der Waals surface area (Å²) in [6, 6.07) is 8.40. The van der Waals surface area contributed by atoms with Crippen molar-refractivity contribution in [3.05, 3.63) is 52.5 Å². The summed E-state index contributed by atoms with van der Waals surface area (Å²) in [5, 5.41) is 31.4. The van der Waals surface area contributed by atoms with Crippen LogP contribution in [0.1, 0.15) is 15.9 Å². The second-order valence-corrected chi connectivity index (χ2v) is 4.66. The number of phenolic OH excluding ortho intramolecular Hbond substituents is 2. The summed E-state index contributed by atoms with van der Waals surface area (Å²) in [7, 11) is 0. The van der Waals surface area contributed by atoms with Crippen molar-refractivity contribution < 1.29 is 20.2 Å². The van der Waals surface area contributed by atoms with Crippen LogP contribution in [0.15, 0.2) is 41.5 Å². The van der Waals surface area contributed by atoms with E-state index in [9.17, 15) is 15.0 Å². The highest BCUT2D eigenvalue weighted by Gasteiger charge is 2.07. The average molecular weight is 322 g/mol. The van der Waals surface area contributed by atoms with E-state index in [1.807, 2.05) is 5.48 Å². The summed E-state index contributed by atoms with van der Waals surface area (Å²) in [6.45, 7) is 0. The third-order valence-corrected chi connectivity index (χ3v) is 3.06. The predicted octanol–water partition coefficient (Wildman–Crippen LogP) is 2.32. The number of hydrogen-bond acceptors (Lipinski definition) is 6. The summed E-state index contributed by atoms with van der Waals surface area (Å²) in [4.78, 5) is 11.8. The summed E-state index contributed by atoms with van der Waals surface area (Å²) in [6.07, 6.45) is 1.36. The molecule has 114 valence electrons. The van der Waals surface area contributed by atoms with Gasteiger partial charge in [-0.25, -0.2) is 5.43 Å². The van der Waals surface area contributed by atoms with Gasteiger partial charge in [0.25, 0.3) is 5.91 Å². The summed E-state index contributed by atoms with van der Waals surface area (Å²) in [5.41, 5.74) is 5.25. The number of halogens is 1. The fourth-order valence-electron chi connectivity index (χ4n) is 1.60. The Morgan fingerprint density at radius 2 is 1.91 bits per heavy atom. The smallest absolute Gasteiger partial charge is 0.271 e. The van der Waals surface area contributed by atoms with Crippen LogP contribution in [0.25, 0.3) is 0 Å². The van der Waals surface area contributed by atoms with E-state index >= 15 is 0 Å². The molecular weight excluding hydrogens is 310 g/mol. The molecule has 0 aliphatic rings. The molecule has 2 rings (SSSR count). The van der Waals surface area contributed by atoms with Crippen LogP contribution in [-0.2, 0) is 0 Å². The number of hydrazone groups is 1. The van der Waals surface area contributed by atoms with Crippen LogP contribution in [0.4, 0.5) is 5.69 Å². The molecule has 5 N–H and O–H groups in total. The van der Waals surface area contributed by atoms with E-state index < -0.39 is 11.7 Å². The molecule has 8 heteroatoms. The minimum Gasteiger partial charge on any atom is -0.504 e. The molecule has 0 unspecified atom stereocenters. The third-order valence-electron chi connectivity index (χ3n) is 2.73. The Hall–Kier alpha value is -2.77. The highest BCUT2D eigenvalue weighted by Crippen LogP contribution is 2.24. The number of hydrogen-bond donors (Lipinski definition) is 5. The maximum Gasteiger partial charge on any atom is 0.271 e. The molecule has 0 fully saturated rings. The van der Waals surface area contributed by atoms with Gasteiger partial charge in [-0.1, -0.05) is 17.7 Å². The molecule has 0 heterocycles. The van der Waals surface area contributed by atoms with Crippen molar-refractivity contribution >= 4 is 29.4 Å². The lowest BCUT2D eigenvalue weighted by molar-refractivity contribution is 0.0954. The van der Waals surface area contributed by atoms with Crippen LogP contribution in [0.2, 0.25) is 5.02 Å². The first-order valence-corrected chi connectivity index (χ1v) is 6.44. The van der Waals surface area contributed by atoms with Gasteiger partial charge in [-0.3, -0.25) is 15.5 Å². The van der Waals surface area contributed by atoms with E-state index in [1.165, 1.54) is 24.4 Å². The standard InChI is InChI=1S/C14H12ClN3O4/c15-10-3-1-8(5-11(10)18-22)7-16-17-14(21)9-2-4-12(19)13(20)6-9/h1-7,18-20,22H,(H,17,21)/b16-7+. The topological polar surface area (TPSA) is 114 Å². The fourth-order valence-corrected chi connectivity index (χ4v) is 1.76. The third kappa shape index (κ3) is 3.66. The van der Waals surface area contributed by atoms with E-state index in [-0.39, 0.29) is 11.3 Å². The van der Waals surface area contributed by atoms with Gasteiger partial charge in [0.2, 0.25) is 0 Å². The first-order chi connectivity index (χ1) is 10.5. The van der Waals surface area contributed by atoms with Gasteiger partial charge in [0.15, 0.2) is 11.5 Å². The highest BCUT2D eigenvalue weighted by atomic mass is 35.5. The summed E-state index contributed by atoms with van der Waals surface area (Å²) < 4.78 is 0. The molecule has 2 aromatic carbocycles. The molecular formula is C14H12ClN3O4. The number of amides is 1. The van der Waals surface area contributed by atoms with E-state index in [4.69, 9.17) is 16.8 Å². The maximum absolute atomic E-state index is 11.8. The molecule has 0 bridgehead atoms. The Bertz CT molecular complexity index is 734. The number of carbonyl (C=O) groups excluding carboxylic acids is 1. The zero-order valence-electron chi connectivity index (χ0n) is 11.1. The first-order valence-electron chi connectivity index (χ1n) is 6.06. The molecule has 0 spiro atoms. The molecule has 0 saturated carbocycles. The molecule has 0 aliphatic carbocycles. The van der Waals surface area contributed by atoms with Crippen molar-refractivity contribution in [2.75, 3.05) is 5.48 Å². The zero-order valence-corrected chi connectivity index (χ0v) is 11.9. The zero-order chi connectivity index (χ0) is 16.1. The van der Waals surface area contributed by atoms with Gasteiger partial charge in [-0.15, -0.1) is 0 Å². The first kappa shape index (κ1) is 15.6. The number of phenols is 2. The van der Waals surface area contributed by atoms with Crippen LogP contribution in [0.3, 0.4) is 0 Å². The number of rotatable bonds is 4. The largest absolute Gasteiger partial charge is 0.504 e. The molecule has 0 saturated heterocycles. The van der Waals surface area contributed by atoms with Crippen molar-refractivity contribution in [3.63, 3.8) is 0 Å². The molecule has 1 amide bonds. The van der Waals surface area contributed by atoms with Gasteiger partial charge in [0.05, 0.1) is 16.9 Å². The van der Waals surface area contributed by atoms with Crippen molar-refractivity contribution in [2.24, 2.45) is 5.10 Å². The lowest BCUT2D eigenvalue weighted by Crippen LogP contribution is -2.17. The number of anilines is 1. The number of nitrogens with zero attached hydrogens (tertiary/aromatic N) is 1. The van der Waals surface area contributed by atoms with Gasteiger partial charge in [-0.2, -0.15) is 5.10 Å². The molecule has 0 atom stereocenters. The Kier molecular flexibility index (Phi) is 4.82. The van der Waals surface area contributed by atoms with Crippen molar-refractivity contribution in [3.8, 4) is 11.5 Å².